The Hall–Kier alpha value is -2.00. The molecule has 0 aromatic heterocycles. The van der Waals surface area contributed by atoms with Crippen LogP contribution in [0.4, 0.5) is 0 Å². The quantitative estimate of drug-likeness (QED) is 0.847. The molecule has 2 unspecified atom stereocenters. The number of nitrogens with one attached hydrogen (secondary N) is 1. The third-order valence-electron chi connectivity index (χ3n) is 3.46. The highest BCUT2D eigenvalue weighted by Gasteiger charge is 2.40. The number of amides is 1. The van der Waals surface area contributed by atoms with Gasteiger partial charge in [-0.15, -0.1) is 0 Å². The van der Waals surface area contributed by atoms with E-state index < -0.39 is 0 Å². The van der Waals surface area contributed by atoms with Crippen molar-refractivity contribution in [1.82, 2.24) is 5.32 Å². The normalized spacial score (nSPS) is 22.3. The minimum atomic E-state index is -0.226. The highest BCUT2D eigenvalue weighted by atomic mass is 32.1. The predicted molar refractivity (Wildman–Crippen MR) is 79.1 cm³/mol. The predicted octanol–water partition coefficient (Wildman–Crippen LogP) is 3.01. The van der Waals surface area contributed by atoms with E-state index in [1.54, 1.807) is 0 Å². The average Bonchev–Trinajstić information content (AvgIpc) is 2.75. The van der Waals surface area contributed by atoms with Gasteiger partial charge in [-0.2, -0.15) is 0 Å². The standard InChI is InChI=1S/C16H13NOS/c18-15-13(11-7-3-1-4-8-11)14(16(19)17-15)12-9-5-2-6-10-12/h1-10,13-14H,(H,17,18,19). The number of carbonyl (C=O) groups is 1. The molecule has 1 aliphatic rings. The van der Waals surface area contributed by atoms with E-state index in [9.17, 15) is 4.79 Å². The zero-order valence-corrected chi connectivity index (χ0v) is 11.1. The van der Waals surface area contributed by atoms with Crippen LogP contribution < -0.4 is 5.32 Å². The zero-order valence-electron chi connectivity index (χ0n) is 10.2. The van der Waals surface area contributed by atoms with Gasteiger partial charge < -0.3 is 5.32 Å². The van der Waals surface area contributed by atoms with Crippen LogP contribution in [0.1, 0.15) is 23.0 Å². The van der Waals surface area contributed by atoms with Crippen LogP contribution in [0.5, 0.6) is 0 Å². The minimum absolute atomic E-state index is 0.00921. The van der Waals surface area contributed by atoms with Crippen LogP contribution in [0.15, 0.2) is 60.7 Å². The van der Waals surface area contributed by atoms with Gasteiger partial charge in [0, 0.05) is 0 Å². The number of thiocarbonyl (C=S) groups is 1. The Labute approximate surface area is 117 Å². The third kappa shape index (κ3) is 2.17. The monoisotopic (exact) mass is 267 g/mol. The number of carbonyl (C=O) groups excluding carboxylic acids is 1. The third-order valence-corrected chi connectivity index (χ3v) is 3.82. The topological polar surface area (TPSA) is 29.1 Å². The van der Waals surface area contributed by atoms with Crippen LogP contribution in [0, 0.1) is 0 Å². The summed E-state index contributed by atoms with van der Waals surface area (Å²) in [5, 5.41) is 2.81. The highest BCUT2D eigenvalue weighted by Crippen LogP contribution is 2.37. The molecule has 94 valence electrons. The van der Waals surface area contributed by atoms with Crippen LogP contribution in [-0.4, -0.2) is 10.9 Å². The summed E-state index contributed by atoms with van der Waals surface area (Å²) >= 11 is 5.34. The van der Waals surface area contributed by atoms with Gasteiger partial charge in [-0.05, 0) is 11.1 Å². The van der Waals surface area contributed by atoms with E-state index in [1.165, 1.54) is 0 Å². The van der Waals surface area contributed by atoms with Crippen molar-refractivity contribution in [3.63, 3.8) is 0 Å². The van der Waals surface area contributed by atoms with Gasteiger partial charge in [0.25, 0.3) is 0 Å². The van der Waals surface area contributed by atoms with Crippen LogP contribution in [0.3, 0.4) is 0 Å². The molecule has 0 saturated carbocycles. The lowest BCUT2D eigenvalue weighted by Gasteiger charge is -2.17. The Morgan fingerprint density at radius 2 is 1.26 bits per heavy atom. The van der Waals surface area contributed by atoms with E-state index in [0.29, 0.717) is 4.99 Å². The fourth-order valence-electron chi connectivity index (χ4n) is 2.59. The van der Waals surface area contributed by atoms with Crippen molar-refractivity contribution >= 4 is 23.1 Å². The molecule has 0 spiro atoms. The maximum Gasteiger partial charge on any atom is 0.233 e. The summed E-state index contributed by atoms with van der Waals surface area (Å²) in [6, 6.07) is 19.8. The molecule has 0 aliphatic carbocycles. The Balaban J connectivity index is 2.06. The summed E-state index contributed by atoms with van der Waals surface area (Å²) in [7, 11) is 0. The molecule has 2 atom stereocenters. The first kappa shape index (κ1) is 12.1. The first-order chi connectivity index (χ1) is 9.27. The molecule has 0 radical (unpaired) electrons. The van der Waals surface area contributed by atoms with Crippen LogP contribution in [-0.2, 0) is 4.79 Å². The van der Waals surface area contributed by atoms with Gasteiger partial charge >= 0.3 is 0 Å². The van der Waals surface area contributed by atoms with Gasteiger partial charge in [0.15, 0.2) is 0 Å². The SMILES string of the molecule is O=C1NC(=S)C(c2ccccc2)C1c1ccccc1. The lowest BCUT2D eigenvalue weighted by molar-refractivity contribution is -0.120. The summed E-state index contributed by atoms with van der Waals surface area (Å²) < 4.78 is 0. The zero-order chi connectivity index (χ0) is 13.2. The molecular formula is C16H13NOS. The fraction of sp³-hybridized carbons (Fsp3) is 0.125. The number of rotatable bonds is 2. The Kier molecular flexibility index (Phi) is 3.13. The summed E-state index contributed by atoms with van der Waals surface area (Å²) in [5.41, 5.74) is 2.09. The molecular weight excluding hydrogens is 254 g/mol. The summed E-state index contributed by atoms with van der Waals surface area (Å²) in [6.07, 6.45) is 0. The molecule has 19 heavy (non-hydrogen) atoms. The molecule has 1 aliphatic heterocycles. The molecule has 1 heterocycles. The van der Waals surface area contributed by atoms with Crippen molar-refractivity contribution in [2.45, 2.75) is 11.8 Å². The van der Waals surface area contributed by atoms with Crippen molar-refractivity contribution in [2.75, 3.05) is 0 Å². The smallest absolute Gasteiger partial charge is 0.233 e. The van der Waals surface area contributed by atoms with E-state index in [2.05, 4.69) is 5.32 Å². The molecule has 2 aromatic rings. The van der Waals surface area contributed by atoms with Gasteiger partial charge in [-0.3, -0.25) is 4.79 Å². The van der Waals surface area contributed by atoms with Gasteiger partial charge in [0.2, 0.25) is 5.91 Å². The fourth-order valence-corrected chi connectivity index (χ4v) is 2.96. The second-order valence-electron chi connectivity index (χ2n) is 4.63. The first-order valence-corrected chi connectivity index (χ1v) is 6.63. The number of benzene rings is 2. The van der Waals surface area contributed by atoms with Crippen molar-refractivity contribution in [3.05, 3.63) is 71.8 Å². The van der Waals surface area contributed by atoms with Gasteiger partial charge in [-0.25, -0.2) is 0 Å². The first-order valence-electron chi connectivity index (χ1n) is 6.22. The molecule has 1 fully saturated rings. The largest absolute Gasteiger partial charge is 0.319 e. The lowest BCUT2D eigenvalue weighted by Crippen LogP contribution is -2.20. The molecule has 2 nitrogen and oxygen atoms in total. The maximum absolute atomic E-state index is 12.2. The van der Waals surface area contributed by atoms with E-state index in [0.717, 1.165) is 11.1 Å². The Morgan fingerprint density at radius 1 is 0.789 bits per heavy atom. The molecule has 3 heteroatoms. The number of hydrogen-bond acceptors (Lipinski definition) is 2. The molecule has 0 bridgehead atoms. The van der Waals surface area contributed by atoms with E-state index in [1.807, 2.05) is 60.7 Å². The molecule has 1 N–H and O–H groups in total. The van der Waals surface area contributed by atoms with Gasteiger partial charge in [0.05, 0.1) is 16.8 Å². The molecule has 1 amide bonds. The van der Waals surface area contributed by atoms with Crippen LogP contribution in [0.2, 0.25) is 0 Å². The molecule has 2 aromatic carbocycles. The number of hydrogen-bond donors (Lipinski definition) is 1. The second kappa shape index (κ2) is 4.94. The minimum Gasteiger partial charge on any atom is -0.319 e. The maximum atomic E-state index is 12.2. The molecule has 1 saturated heterocycles. The van der Waals surface area contributed by atoms with Crippen molar-refractivity contribution in [1.29, 1.82) is 0 Å². The van der Waals surface area contributed by atoms with Crippen LogP contribution >= 0.6 is 12.2 Å². The highest BCUT2D eigenvalue weighted by molar-refractivity contribution is 7.80. The van der Waals surface area contributed by atoms with Crippen LogP contribution in [0.25, 0.3) is 0 Å². The summed E-state index contributed by atoms with van der Waals surface area (Å²) in [4.78, 5) is 12.8. The second-order valence-corrected chi connectivity index (χ2v) is 5.07. The molecule has 3 rings (SSSR count). The lowest BCUT2D eigenvalue weighted by atomic mass is 9.84. The Morgan fingerprint density at radius 3 is 1.79 bits per heavy atom. The van der Waals surface area contributed by atoms with E-state index in [4.69, 9.17) is 12.2 Å². The Bertz CT molecular complexity index is 554. The summed E-state index contributed by atoms with van der Waals surface area (Å²) in [6.45, 7) is 0. The van der Waals surface area contributed by atoms with Crippen molar-refractivity contribution in [2.24, 2.45) is 0 Å². The van der Waals surface area contributed by atoms with E-state index >= 15 is 0 Å². The summed E-state index contributed by atoms with van der Waals surface area (Å²) in [5.74, 6) is -0.299. The van der Waals surface area contributed by atoms with Crippen molar-refractivity contribution < 1.29 is 4.79 Å². The van der Waals surface area contributed by atoms with E-state index in [-0.39, 0.29) is 17.7 Å². The van der Waals surface area contributed by atoms with Gasteiger partial charge in [-0.1, -0.05) is 72.9 Å². The average molecular weight is 267 g/mol. The van der Waals surface area contributed by atoms with Crippen molar-refractivity contribution in [3.8, 4) is 0 Å². The van der Waals surface area contributed by atoms with Gasteiger partial charge in [0.1, 0.15) is 0 Å².